The predicted octanol–water partition coefficient (Wildman–Crippen LogP) is 0.162. The molecule has 2 atom stereocenters. The zero-order chi connectivity index (χ0) is 28.9. The van der Waals surface area contributed by atoms with Crippen LogP contribution < -0.4 is 0 Å². The van der Waals surface area contributed by atoms with Gasteiger partial charge in [-0.1, -0.05) is 0 Å². The molecule has 14 heteroatoms. The molecule has 0 aromatic carbocycles. The second-order valence-electron chi connectivity index (χ2n) is 11.1. The number of amides is 6. The number of aliphatic hydroxyl groups is 2. The van der Waals surface area contributed by atoms with Gasteiger partial charge in [-0.25, -0.2) is 19.6 Å². The highest BCUT2D eigenvalue weighted by molar-refractivity contribution is 6.08. The fourth-order valence-corrected chi connectivity index (χ4v) is 4.96. The minimum Gasteiger partial charge on any atom is -0.389 e. The zero-order valence-corrected chi connectivity index (χ0v) is 23.1. The lowest BCUT2D eigenvalue weighted by atomic mass is 10.0. The zero-order valence-electron chi connectivity index (χ0n) is 23.1. The Morgan fingerprint density at radius 2 is 1.05 bits per heavy atom. The van der Waals surface area contributed by atoms with Gasteiger partial charge >= 0.3 is 12.1 Å². The van der Waals surface area contributed by atoms with E-state index in [1.54, 1.807) is 75.5 Å². The molecule has 2 aromatic heterocycles. The highest BCUT2D eigenvalue weighted by Gasteiger charge is 2.57. The fourth-order valence-electron chi connectivity index (χ4n) is 4.96. The van der Waals surface area contributed by atoms with Crippen molar-refractivity contribution in [1.82, 2.24) is 38.7 Å². The Morgan fingerprint density at radius 1 is 0.692 bits per heavy atom. The normalized spacial score (nSPS) is 20.5. The van der Waals surface area contributed by atoms with Crippen LogP contribution in [0.15, 0.2) is 24.8 Å². The van der Waals surface area contributed by atoms with Crippen molar-refractivity contribution in [2.75, 3.05) is 19.8 Å². The number of nitrogens with zero attached hydrogens (tertiary/aromatic N) is 8. The lowest BCUT2D eigenvalue weighted by Gasteiger charge is -2.36. The van der Waals surface area contributed by atoms with Gasteiger partial charge in [0.15, 0.2) is 0 Å². The van der Waals surface area contributed by atoms with E-state index in [0.717, 1.165) is 9.80 Å². The smallest absolute Gasteiger partial charge is 0.329 e. The van der Waals surface area contributed by atoms with Crippen molar-refractivity contribution < 1.29 is 29.4 Å². The van der Waals surface area contributed by atoms with E-state index in [1.165, 1.54) is 9.80 Å². The number of aliphatic hydroxyl groups excluding tert-OH is 2. The first-order valence-electron chi connectivity index (χ1n) is 12.7. The Balaban J connectivity index is 1.47. The van der Waals surface area contributed by atoms with Crippen molar-refractivity contribution in [1.29, 1.82) is 0 Å². The number of imidazole rings is 2. The first kappa shape index (κ1) is 28.2. The molecule has 212 valence electrons. The molecular formula is C25H36N8O6. The molecule has 0 aliphatic carbocycles. The highest BCUT2D eigenvalue weighted by Crippen LogP contribution is 2.33. The Bertz CT molecular complexity index is 1190. The minimum atomic E-state index is -1.33. The SMILES string of the molecule is Cc1nccn1C[C@@H](O)CN1C(=O)N(CN2C(=O)N(C[C@H](O)Cn3ccnc3C)C(=O)C2(C)C)C(C)(C)C1=O. The number of urea groups is 2. The molecule has 0 spiro atoms. The van der Waals surface area contributed by atoms with E-state index in [0.29, 0.717) is 11.6 Å². The molecule has 39 heavy (non-hydrogen) atoms. The van der Waals surface area contributed by atoms with Crippen LogP contribution >= 0.6 is 0 Å². The van der Waals surface area contributed by atoms with Gasteiger partial charge in [-0.2, -0.15) is 0 Å². The van der Waals surface area contributed by atoms with E-state index in [4.69, 9.17) is 0 Å². The van der Waals surface area contributed by atoms with E-state index in [1.807, 2.05) is 0 Å². The van der Waals surface area contributed by atoms with Crippen LogP contribution in [-0.2, 0) is 22.7 Å². The third kappa shape index (κ3) is 5.01. The van der Waals surface area contributed by atoms with Gasteiger partial charge in [0.05, 0.1) is 38.4 Å². The summed E-state index contributed by atoms with van der Waals surface area (Å²) in [5.41, 5.74) is -2.65. The monoisotopic (exact) mass is 544 g/mol. The molecule has 0 bridgehead atoms. The van der Waals surface area contributed by atoms with Gasteiger partial charge in [0.1, 0.15) is 29.4 Å². The second-order valence-corrected chi connectivity index (χ2v) is 11.1. The Hall–Kier alpha value is -3.78. The number of β-amino-alcohol motifs (C(OH)–C–C–N with tert-alkyl or cyclic N) is 2. The molecule has 2 saturated heterocycles. The van der Waals surface area contributed by atoms with Gasteiger partial charge in [-0.15, -0.1) is 0 Å². The van der Waals surface area contributed by atoms with Gasteiger partial charge in [0, 0.05) is 24.8 Å². The summed E-state index contributed by atoms with van der Waals surface area (Å²) in [6.45, 7) is 9.28. The van der Waals surface area contributed by atoms with Crippen LogP contribution in [0.5, 0.6) is 0 Å². The van der Waals surface area contributed by atoms with Gasteiger partial charge in [0.2, 0.25) is 0 Å². The molecule has 4 rings (SSSR count). The fraction of sp³-hybridized carbons (Fsp3) is 0.600. The van der Waals surface area contributed by atoms with E-state index in [9.17, 15) is 29.4 Å². The van der Waals surface area contributed by atoms with Gasteiger partial charge in [-0.3, -0.25) is 29.2 Å². The summed E-state index contributed by atoms with van der Waals surface area (Å²) in [5.74, 6) is 0.328. The summed E-state index contributed by atoms with van der Waals surface area (Å²) in [4.78, 5) is 65.9. The van der Waals surface area contributed by atoms with Crippen LogP contribution in [0.1, 0.15) is 39.3 Å². The van der Waals surface area contributed by atoms with Crippen LogP contribution in [0.3, 0.4) is 0 Å². The van der Waals surface area contributed by atoms with E-state index in [-0.39, 0.29) is 32.8 Å². The number of hydrogen-bond acceptors (Lipinski definition) is 8. The minimum absolute atomic E-state index is 0.144. The third-order valence-electron chi connectivity index (χ3n) is 7.54. The van der Waals surface area contributed by atoms with E-state index >= 15 is 0 Å². The van der Waals surface area contributed by atoms with Crippen LogP contribution in [0, 0.1) is 13.8 Å². The molecule has 2 N–H and O–H groups in total. The Morgan fingerprint density at radius 3 is 1.36 bits per heavy atom. The van der Waals surface area contributed by atoms with Crippen molar-refractivity contribution in [3.05, 3.63) is 36.4 Å². The predicted molar refractivity (Wildman–Crippen MR) is 137 cm³/mol. The quantitative estimate of drug-likeness (QED) is 0.401. The molecule has 6 amide bonds. The summed E-state index contributed by atoms with van der Waals surface area (Å²) >= 11 is 0. The second kappa shape index (κ2) is 10.1. The Labute approximate surface area is 226 Å². The molecule has 14 nitrogen and oxygen atoms in total. The third-order valence-corrected chi connectivity index (χ3v) is 7.54. The topological polar surface area (TPSA) is 157 Å². The molecule has 4 heterocycles. The molecule has 2 aliphatic heterocycles. The number of hydrogen-bond donors (Lipinski definition) is 2. The molecule has 2 aromatic rings. The summed E-state index contributed by atoms with van der Waals surface area (Å²) in [5, 5.41) is 21.2. The number of imide groups is 2. The average molecular weight is 545 g/mol. The van der Waals surface area contributed by atoms with Crippen molar-refractivity contribution in [2.24, 2.45) is 0 Å². The number of rotatable bonds is 10. The number of aryl methyl sites for hydroxylation is 2. The molecular weight excluding hydrogens is 508 g/mol. The van der Waals surface area contributed by atoms with Crippen LogP contribution in [0.4, 0.5) is 9.59 Å². The summed E-state index contributed by atoms with van der Waals surface area (Å²) in [6.07, 6.45) is 4.50. The summed E-state index contributed by atoms with van der Waals surface area (Å²) in [7, 11) is 0. The maximum Gasteiger partial charge on any atom is 0.329 e. The van der Waals surface area contributed by atoms with Gasteiger partial charge in [-0.05, 0) is 41.5 Å². The average Bonchev–Trinajstić information content (AvgIpc) is 3.52. The maximum atomic E-state index is 13.4. The van der Waals surface area contributed by atoms with Gasteiger partial charge < -0.3 is 19.3 Å². The van der Waals surface area contributed by atoms with Crippen LogP contribution in [-0.4, -0.2) is 116 Å². The number of carbonyl (C=O) groups is 4. The number of carbonyl (C=O) groups excluding carboxylic acids is 4. The maximum absolute atomic E-state index is 13.4. The molecule has 0 saturated carbocycles. The molecule has 2 fully saturated rings. The lowest BCUT2D eigenvalue weighted by molar-refractivity contribution is -0.134. The number of aromatic nitrogens is 4. The summed E-state index contributed by atoms with van der Waals surface area (Å²) in [6, 6.07) is -1.34. The summed E-state index contributed by atoms with van der Waals surface area (Å²) < 4.78 is 3.43. The van der Waals surface area contributed by atoms with Crippen molar-refractivity contribution in [3.8, 4) is 0 Å². The first-order valence-corrected chi connectivity index (χ1v) is 12.7. The largest absolute Gasteiger partial charge is 0.389 e. The van der Waals surface area contributed by atoms with Crippen molar-refractivity contribution >= 4 is 23.9 Å². The van der Waals surface area contributed by atoms with E-state index < -0.39 is 47.2 Å². The van der Waals surface area contributed by atoms with Crippen molar-refractivity contribution in [3.63, 3.8) is 0 Å². The highest BCUT2D eigenvalue weighted by atomic mass is 16.3. The van der Waals surface area contributed by atoms with Crippen LogP contribution in [0.25, 0.3) is 0 Å². The van der Waals surface area contributed by atoms with Gasteiger partial charge in [0.25, 0.3) is 11.8 Å². The first-order chi connectivity index (χ1) is 18.2. The van der Waals surface area contributed by atoms with Crippen molar-refractivity contribution in [2.45, 2.75) is 77.9 Å². The lowest BCUT2D eigenvalue weighted by Crippen LogP contribution is -2.55. The van der Waals surface area contributed by atoms with Crippen LogP contribution in [0.2, 0.25) is 0 Å². The molecule has 2 aliphatic rings. The standard InChI is InChI=1S/C25H36N8O6/c1-16-26-7-9-28(16)11-18(34)13-30-20(36)24(3,4)32(22(30)38)15-33-23(39)31(21(37)25(33,5)6)14-19(35)12-29-10-8-27-17(29)2/h7-10,18-19,34-35H,11-15H2,1-6H3/t18-,19-/m1/s1. The Kier molecular flexibility index (Phi) is 7.29. The molecule has 0 unspecified atom stereocenters. The molecule has 0 radical (unpaired) electrons. The van der Waals surface area contributed by atoms with E-state index in [2.05, 4.69) is 9.97 Å².